The molecule has 2 atom stereocenters. The maximum absolute atomic E-state index is 14.3. The topological polar surface area (TPSA) is 197 Å². The van der Waals surface area contributed by atoms with Gasteiger partial charge in [-0.25, -0.2) is 26.4 Å². The molecule has 2 aromatic carbocycles. The summed E-state index contributed by atoms with van der Waals surface area (Å²) in [7, 11) is -14.4. The Morgan fingerprint density at radius 2 is 1.26 bits per heavy atom. The fourth-order valence-electron chi connectivity index (χ4n) is 4.31. The highest BCUT2D eigenvalue weighted by molar-refractivity contribution is 7.91. The molecule has 2 aromatic rings. The number of carbonyl (C=O) groups excluding carboxylic acids is 4. The lowest BCUT2D eigenvalue weighted by atomic mass is 9.94. The molecule has 0 spiro atoms. The van der Waals surface area contributed by atoms with Crippen LogP contribution in [0.2, 0.25) is 0 Å². The number of esters is 2. The summed E-state index contributed by atoms with van der Waals surface area (Å²) in [5, 5.41) is 0. The van der Waals surface area contributed by atoms with Gasteiger partial charge in [-0.15, -0.1) is 4.31 Å². The third-order valence-electron chi connectivity index (χ3n) is 5.99. The molecule has 228 valence electrons. The second-order valence-electron chi connectivity index (χ2n) is 8.31. The van der Waals surface area contributed by atoms with Gasteiger partial charge in [0.05, 0.1) is 37.2 Å². The van der Waals surface area contributed by atoms with E-state index in [0.717, 1.165) is 31.4 Å². The lowest BCUT2D eigenvalue weighted by Gasteiger charge is -2.38. The predicted molar refractivity (Wildman–Crippen MR) is 143 cm³/mol. The van der Waals surface area contributed by atoms with Gasteiger partial charge in [-0.05, 0) is 38.1 Å². The monoisotopic (exact) mass is 646 g/mol. The van der Waals surface area contributed by atoms with Crippen LogP contribution in [0.5, 0.6) is 0 Å². The summed E-state index contributed by atoms with van der Waals surface area (Å²) in [6.07, 6.45) is 0. The van der Waals surface area contributed by atoms with Crippen LogP contribution in [-0.2, 0) is 57.5 Å². The van der Waals surface area contributed by atoms with E-state index in [1.54, 1.807) is 0 Å². The van der Waals surface area contributed by atoms with Crippen molar-refractivity contribution in [3.63, 3.8) is 0 Å². The molecule has 0 unspecified atom stereocenters. The second kappa shape index (κ2) is 12.3. The minimum absolute atomic E-state index is 0.434. The number of hydrogen-bond donors (Lipinski definition) is 0. The van der Waals surface area contributed by atoms with E-state index in [1.807, 2.05) is 0 Å². The Bertz CT molecular complexity index is 1620. The van der Waals surface area contributed by atoms with Crippen LogP contribution < -0.4 is 0 Å². The van der Waals surface area contributed by atoms with Crippen molar-refractivity contribution >= 4 is 51.5 Å². The molecule has 3 amide bonds. The number of nitrogens with zero attached hydrogens (tertiary/aromatic N) is 2. The van der Waals surface area contributed by atoms with Crippen LogP contribution in [0.25, 0.3) is 0 Å². The van der Waals surface area contributed by atoms with Crippen molar-refractivity contribution in [2.75, 3.05) is 27.4 Å². The quantitative estimate of drug-likeness (QED) is 0.140. The third-order valence-corrected chi connectivity index (χ3v) is 11.9. The Kier molecular flexibility index (Phi) is 9.64. The van der Waals surface area contributed by atoms with E-state index in [0.29, 0.717) is 7.11 Å². The Morgan fingerprint density at radius 3 is 1.67 bits per heavy atom. The van der Waals surface area contributed by atoms with E-state index in [9.17, 15) is 40.6 Å². The molecular weight excluding hydrogens is 619 g/mol. The van der Waals surface area contributed by atoms with Crippen LogP contribution in [-0.4, -0.2) is 88.0 Å². The van der Waals surface area contributed by atoms with E-state index in [4.69, 9.17) is 18.5 Å². The van der Waals surface area contributed by atoms with Crippen LogP contribution in [0.15, 0.2) is 70.5 Å². The Morgan fingerprint density at radius 1 is 0.810 bits per heavy atom. The van der Waals surface area contributed by atoms with Crippen LogP contribution in [0.4, 0.5) is 4.79 Å². The molecule has 3 rings (SSSR count). The number of carbonyl (C=O) groups is 4. The number of benzene rings is 2. The number of urea groups is 1. The number of methoxy groups -OCH3 is 2. The minimum atomic E-state index is -5.42. The number of hydrogen-bond acceptors (Lipinski definition) is 13. The predicted octanol–water partition coefficient (Wildman–Crippen LogP) is 1.75. The molecule has 42 heavy (non-hydrogen) atoms. The summed E-state index contributed by atoms with van der Waals surface area (Å²) in [6.45, 7) is 1.66. The van der Waals surface area contributed by atoms with Crippen molar-refractivity contribution in [1.29, 1.82) is 0 Å². The summed E-state index contributed by atoms with van der Waals surface area (Å²) in [6, 6.07) is 9.64. The van der Waals surface area contributed by atoms with Gasteiger partial charge in [0.15, 0.2) is 0 Å². The fourth-order valence-corrected chi connectivity index (χ4v) is 9.68. The molecule has 1 saturated heterocycles. The van der Waals surface area contributed by atoms with Gasteiger partial charge in [-0.3, -0.25) is 14.2 Å². The lowest BCUT2D eigenvalue weighted by molar-refractivity contribution is -0.161. The molecule has 0 saturated carbocycles. The normalized spacial score (nSPS) is 18.6. The van der Waals surface area contributed by atoms with Crippen LogP contribution >= 0.6 is 7.60 Å². The van der Waals surface area contributed by atoms with Crippen molar-refractivity contribution in [3.8, 4) is 0 Å². The zero-order chi connectivity index (χ0) is 31.5. The van der Waals surface area contributed by atoms with E-state index in [1.165, 1.54) is 50.2 Å². The van der Waals surface area contributed by atoms with E-state index in [-0.39, 0.29) is 0 Å². The van der Waals surface area contributed by atoms with E-state index >= 15 is 0 Å². The summed E-state index contributed by atoms with van der Waals surface area (Å²) in [5.41, 5.74) is -6.71. The molecule has 0 aliphatic carbocycles. The molecule has 1 aliphatic rings. The van der Waals surface area contributed by atoms with Gasteiger partial charge in [0.2, 0.25) is 5.66 Å². The fraction of sp³-hybridized carbons (Fsp3) is 0.333. The first-order valence-corrected chi connectivity index (χ1v) is 16.6. The van der Waals surface area contributed by atoms with Gasteiger partial charge < -0.3 is 18.5 Å². The molecule has 1 aliphatic heterocycles. The van der Waals surface area contributed by atoms with E-state index in [2.05, 4.69) is 0 Å². The number of sulfonamides is 2. The number of rotatable bonds is 12. The lowest BCUT2D eigenvalue weighted by Crippen LogP contribution is -2.67. The standard InChI is InChI=1S/C24H27N2O13PS2/c1-5-38-40(31,39-6-2)19(20(27)36-3)24(22(29)37-4)21(28)25(41(32,33)17-13-9-7-10-14-17)23(30)26(24)42(34,35)18-15-11-8-12-16-18/h7-16,19H,5-6H2,1-4H3/t19-,24+/m1/s1. The highest BCUT2D eigenvalue weighted by Gasteiger charge is 2.79. The van der Waals surface area contributed by atoms with Crippen LogP contribution in [0, 0.1) is 0 Å². The number of amides is 3. The number of imide groups is 1. The van der Waals surface area contributed by atoms with Crippen molar-refractivity contribution in [2.45, 2.75) is 34.8 Å². The van der Waals surface area contributed by atoms with Crippen molar-refractivity contribution < 1.29 is 59.1 Å². The molecule has 0 aromatic heterocycles. The molecule has 15 nitrogen and oxygen atoms in total. The van der Waals surface area contributed by atoms with Gasteiger partial charge in [0, 0.05) is 0 Å². The smallest absolute Gasteiger partial charge is 0.356 e. The Labute approximate surface area is 241 Å². The second-order valence-corrected chi connectivity index (χ2v) is 14.0. The third kappa shape index (κ3) is 5.11. The highest BCUT2D eigenvalue weighted by Crippen LogP contribution is 2.60. The zero-order valence-corrected chi connectivity index (χ0v) is 25.3. The average Bonchev–Trinajstić information content (AvgIpc) is 3.21. The van der Waals surface area contributed by atoms with E-state index < -0.39 is 94.3 Å². The Balaban J connectivity index is 2.58. The first kappa shape index (κ1) is 32.9. The summed E-state index contributed by atoms with van der Waals surface area (Å²) in [4.78, 5) is 54.1. The van der Waals surface area contributed by atoms with Crippen molar-refractivity contribution in [1.82, 2.24) is 8.61 Å². The Hall–Kier alpha value is -3.63. The van der Waals surface area contributed by atoms with Gasteiger partial charge >= 0.3 is 25.6 Å². The summed E-state index contributed by atoms with van der Waals surface area (Å²) in [5.74, 6) is -5.75. The maximum atomic E-state index is 14.3. The highest BCUT2D eigenvalue weighted by atomic mass is 32.2. The first-order chi connectivity index (χ1) is 19.7. The summed E-state index contributed by atoms with van der Waals surface area (Å²) >= 11 is 0. The average molecular weight is 647 g/mol. The maximum Gasteiger partial charge on any atom is 0.356 e. The molecule has 0 bridgehead atoms. The van der Waals surface area contributed by atoms with Gasteiger partial charge in [0.25, 0.3) is 31.5 Å². The first-order valence-electron chi connectivity index (χ1n) is 12.1. The van der Waals surface area contributed by atoms with Gasteiger partial charge in [-0.2, -0.15) is 4.31 Å². The van der Waals surface area contributed by atoms with Crippen molar-refractivity contribution in [3.05, 3.63) is 60.7 Å². The summed E-state index contributed by atoms with van der Waals surface area (Å²) < 4.78 is 88.7. The zero-order valence-electron chi connectivity index (χ0n) is 22.7. The number of ether oxygens (including phenoxy) is 2. The molecule has 0 N–H and O–H groups in total. The molecular formula is C24H27N2O13PS2. The molecule has 0 radical (unpaired) electrons. The molecule has 1 fully saturated rings. The van der Waals surface area contributed by atoms with Gasteiger partial charge in [-0.1, -0.05) is 36.4 Å². The van der Waals surface area contributed by atoms with Crippen LogP contribution in [0.3, 0.4) is 0 Å². The van der Waals surface area contributed by atoms with Gasteiger partial charge in [0.1, 0.15) is 0 Å². The van der Waals surface area contributed by atoms with Crippen molar-refractivity contribution in [2.24, 2.45) is 0 Å². The van der Waals surface area contributed by atoms with Crippen LogP contribution in [0.1, 0.15) is 13.8 Å². The SMILES string of the molecule is CCOP(=O)(OCC)[C@H](C(=O)OC)[C@@]1(C(=O)OC)C(=O)N(S(=O)(=O)c2ccccc2)C(=O)N1S(=O)(=O)c1ccccc1. The largest absolute Gasteiger partial charge is 0.468 e. The molecule has 1 heterocycles. The molecule has 18 heteroatoms. The minimum Gasteiger partial charge on any atom is -0.468 e.